The van der Waals surface area contributed by atoms with Crippen LogP contribution in [0.3, 0.4) is 0 Å². The second-order valence-electron chi connectivity index (χ2n) is 5.78. The predicted octanol–water partition coefficient (Wildman–Crippen LogP) is 2.89. The average molecular weight is 345 g/mol. The van der Waals surface area contributed by atoms with Gasteiger partial charge in [-0.15, -0.1) is 0 Å². The van der Waals surface area contributed by atoms with Gasteiger partial charge in [0, 0.05) is 18.0 Å². The van der Waals surface area contributed by atoms with Gasteiger partial charge in [0.25, 0.3) is 4.96 Å². The maximum absolute atomic E-state index is 11.4. The number of nitrogens with zero attached hydrogens (tertiary/aromatic N) is 4. The molecule has 0 bridgehead atoms. The molecule has 3 aromatic rings. The number of fused-ring (bicyclic) bond motifs is 1. The molecule has 1 N–H and O–H groups in total. The van der Waals surface area contributed by atoms with E-state index in [1.165, 1.54) is 21.3 Å². The summed E-state index contributed by atoms with van der Waals surface area (Å²) in [7, 11) is 4.02. The molecule has 0 fully saturated rings. The summed E-state index contributed by atoms with van der Waals surface area (Å²) in [5.74, 6) is 0.315. The number of hydrogen-bond acceptors (Lipinski definition) is 6. The highest BCUT2D eigenvalue weighted by Crippen LogP contribution is 2.28. The molecule has 2 aromatic heterocycles. The van der Waals surface area contributed by atoms with E-state index in [2.05, 4.69) is 27.3 Å². The minimum Gasteiger partial charge on any atom is -0.361 e. The number of nitro groups is 1. The highest BCUT2D eigenvalue weighted by Gasteiger charge is 2.24. The van der Waals surface area contributed by atoms with Gasteiger partial charge in [0.2, 0.25) is 5.82 Å². The van der Waals surface area contributed by atoms with Gasteiger partial charge in [-0.3, -0.25) is 0 Å². The first-order chi connectivity index (χ1) is 11.6. The maximum atomic E-state index is 11.4. The zero-order valence-electron chi connectivity index (χ0n) is 13.5. The quantitative estimate of drug-likeness (QED) is 0.526. The molecule has 0 saturated heterocycles. The summed E-state index contributed by atoms with van der Waals surface area (Å²) in [6.45, 7) is 0.577. The molecule has 0 aliphatic heterocycles. The summed E-state index contributed by atoms with van der Waals surface area (Å²) in [6.07, 6.45) is 2.53. The number of thiazole rings is 1. The molecule has 24 heavy (non-hydrogen) atoms. The molecule has 0 spiro atoms. The Balaban J connectivity index is 1.76. The van der Waals surface area contributed by atoms with Gasteiger partial charge in [-0.1, -0.05) is 41.7 Å². The summed E-state index contributed by atoms with van der Waals surface area (Å²) in [5.41, 5.74) is 1.23. The van der Waals surface area contributed by atoms with E-state index in [1.807, 2.05) is 32.3 Å². The van der Waals surface area contributed by atoms with E-state index in [4.69, 9.17) is 0 Å². The van der Waals surface area contributed by atoms with Crippen LogP contribution in [0.5, 0.6) is 0 Å². The van der Waals surface area contributed by atoms with Gasteiger partial charge in [-0.2, -0.15) is 9.38 Å². The average Bonchev–Trinajstić information content (AvgIpc) is 3.12. The van der Waals surface area contributed by atoms with E-state index < -0.39 is 4.92 Å². The van der Waals surface area contributed by atoms with E-state index in [-0.39, 0.29) is 11.9 Å². The van der Waals surface area contributed by atoms with Crippen molar-refractivity contribution in [2.75, 3.05) is 26.0 Å². The summed E-state index contributed by atoms with van der Waals surface area (Å²) >= 11 is 1.38. The molecule has 0 radical (unpaired) electrons. The fraction of sp³-hybridized carbons (Fsp3) is 0.312. The van der Waals surface area contributed by atoms with Gasteiger partial charge in [0.15, 0.2) is 0 Å². The van der Waals surface area contributed by atoms with Crippen LogP contribution in [0.25, 0.3) is 4.96 Å². The smallest absolute Gasteiger partial charge is 0.361 e. The molecule has 0 amide bonds. The van der Waals surface area contributed by atoms with Crippen LogP contribution in [-0.2, 0) is 6.42 Å². The van der Waals surface area contributed by atoms with Crippen LogP contribution in [0.4, 0.5) is 11.6 Å². The molecule has 7 nitrogen and oxygen atoms in total. The van der Waals surface area contributed by atoms with Crippen molar-refractivity contribution in [3.05, 3.63) is 57.6 Å². The third-order valence-corrected chi connectivity index (χ3v) is 4.72. The molecular formula is C16H19N5O2S. The molecule has 8 heteroatoms. The van der Waals surface area contributed by atoms with Gasteiger partial charge in [0.05, 0.1) is 0 Å². The Hall–Kier alpha value is -2.45. The third kappa shape index (κ3) is 3.39. The number of hydrogen-bond donors (Lipinski definition) is 1. The van der Waals surface area contributed by atoms with Gasteiger partial charge in [0.1, 0.15) is 6.20 Å². The molecule has 3 rings (SSSR count). The van der Waals surface area contributed by atoms with Crippen LogP contribution in [-0.4, -0.2) is 45.9 Å². The molecule has 0 saturated carbocycles. The van der Waals surface area contributed by atoms with Crippen molar-refractivity contribution in [2.24, 2.45) is 0 Å². The first-order valence-electron chi connectivity index (χ1n) is 7.60. The lowest BCUT2D eigenvalue weighted by molar-refractivity contribution is -0.389. The maximum Gasteiger partial charge on any atom is 0.372 e. The van der Waals surface area contributed by atoms with E-state index >= 15 is 0 Å². The molecular weight excluding hydrogens is 326 g/mol. The van der Waals surface area contributed by atoms with Crippen molar-refractivity contribution >= 4 is 27.9 Å². The highest BCUT2D eigenvalue weighted by atomic mass is 32.1. The number of benzene rings is 1. The van der Waals surface area contributed by atoms with E-state index in [0.717, 1.165) is 6.42 Å². The fourth-order valence-electron chi connectivity index (χ4n) is 2.60. The van der Waals surface area contributed by atoms with Crippen molar-refractivity contribution in [3.8, 4) is 0 Å². The Bertz CT molecular complexity index is 827. The first-order valence-corrected chi connectivity index (χ1v) is 8.48. The van der Waals surface area contributed by atoms with Crippen molar-refractivity contribution in [2.45, 2.75) is 12.5 Å². The normalized spacial score (nSPS) is 12.6. The van der Waals surface area contributed by atoms with Gasteiger partial charge >= 0.3 is 5.82 Å². The van der Waals surface area contributed by atoms with Crippen molar-refractivity contribution in [1.82, 2.24) is 14.3 Å². The standard InChI is InChI=1S/C16H19N5O2S/c1-19(2)13(10-12-6-4-3-5-7-12)11-17-14-15(21(22)23)20-8-9-24-16(20)18-14/h3-9,13,17H,10-11H2,1-2H3. The minimum atomic E-state index is -0.392. The number of aromatic nitrogens is 2. The van der Waals surface area contributed by atoms with E-state index in [0.29, 0.717) is 17.3 Å². The van der Waals surface area contributed by atoms with E-state index in [1.54, 1.807) is 11.6 Å². The molecule has 126 valence electrons. The molecule has 1 atom stereocenters. The van der Waals surface area contributed by atoms with Gasteiger partial charge in [-0.25, -0.2) is 0 Å². The predicted molar refractivity (Wildman–Crippen MR) is 95.8 cm³/mol. The van der Waals surface area contributed by atoms with Crippen LogP contribution in [0.2, 0.25) is 0 Å². The number of rotatable bonds is 7. The highest BCUT2D eigenvalue weighted by molar-refractivity contribution is 7.15. The van der Waals surface area contributed by atoms with Crippen LogP contribution >= 0.6 is 11.3 Å². The molecule has 2 heterocycles. The monoisotopic (exact) mass is 345 g/mol. The molecule has 0 aliphatic rings. The summed E-state index contributed by atoms with van der Waals surface area (Å²) in [4.78, 5) is 18.0. The molecule has 1 unspecified atom stereocenters. The zero-order chi connectivity index (χ0) is 17.1. The lowest BCUT2D eigenvalue weighted by atomic mass is 10.1. The Kier molecular flexibility index (Phi) is 4.77. The van der Waals surface area contributed by atoms with E-state index in [9.17, 15) is 10.1 Å². The topological polar surface area (TPSA) is 75.7 Å². The first kappa shape index (κ1) is 16.4. The van der Waals surface area contributed by atoms with Gasteiger partial charge < -0.3 is 20.3 Å². The van der Waals surface area contributed by atoms with Gasteiger partial charge in [-0.05, 0) is 31.0 Å². The van der Waals surface area contributed by atoms with Crippen LogP contribution < -0.4 is 5.32 Å². The van der Waals surface area contributed by atoms with Crippen molar-refractivity contribution < 1.29 is 4.92 Å². The van der Waals surface area contributed by atoms with Crippen LogP contribution in [0, 0.1) is 10.1 Å². The number of likely N-dealkylation sites (N-methyl/N-ethyl adjacent to an activating group) is 1. The lowest BCUT2D eigenvalue weighted by Crippen LogP contribution is -2.36. The Labute approximate surface area is 143 Å². The second-order valence-corrected chi connectivity index (χ2v) is 6.66. The molecule has 0 aliphatic carbocycles. The lowest BCUT2D eigenvalue weighted by Gasteiger charge is -2.24. The number of imidazole rings is 1. The number of nitrogens with one attached hydrogen (secondary N) is 1. The molecule has 1 aromatic carbocycles. The Morgan fingerprint density at radius 2 is 2.12 bits per heavy atom. The minimum absolute atomic E-state index is 0.0107. The SMILES string of the molecule is CN(C)C(CNc1nc2sccn2c1[N+](=O)[O-])Cc1ccccc1. The Morgan fingerprint density at radius 1 is 1.38 bits per heavy atom. The third-order valence-electron chi connectivity index (χ3n) is 3.96. The summed E-state index contributed by atoms with van der Waals surface area (Å²) < 4.78 is 1.51. The second kappa shape index (κ2) is 6.98. The van der Waals surface area contributed by atoms with Crippen LogP contribution in [0.1, 0.15) is 5.56 Å². The summed E-state index contributed by atoms with van der Waals surface area (Å²) in [5, 5.41) is 16.3. The zero-order valence-corrected chi connectivity index (χ0v) is 14.4. The number of anilines is 1. The van der Waals surface area contributed by atoms with Crippen molar-refractivity contribution in [1.29, 1.82) is 0 Å². The summed E-state index contributed by atoms with van der Waals surface area (Å²) in [6, 6.07) is 10.4. The Morgan fingerprint density at radius 3 is 2.79 bits per heavy atom. The fourth-order valence-corrected chi connectivity index (χ4v) is 3.31. The van der Waals surface area contributed by atoms with Crippen molar-refractivity contribution in [3.63, 3.8) is 0 Å². The largest absolute Gasteiger partial charge is 0.372 e. The van der Waals surface area contributed by atoms with Crippen LogP contribution in [0.15, 0.2) is 41.9 Å².